The highest BCUT2D eigenvalue weighted by atomic mass is 28.3. The summed E-state index contributed by atoms with van der Waals surface area (Å²) in [4.78, 5) is 0. The standard InChI is InChI=1S/C58H67FN2Si/c1-37(2)58(6)55(50-35-44(41-16-10-9-11-17-41)22-26-47(50)52-29-25-46(62(7)8)36-61(52)58)56-48-27-28-51(49-34-43(19-18-38(49)3)42-20-23-45(59)24-21-42)57(4,5)54(48)53-33-40(30-31-60(53)56)32-39-14-12-13-15-39/h18-31,33-37,39,41,51,62H,9-17,32H2,1-8H3/q+2/b56-55-. The molecule has 4 heteroatoms. The molecule has 0 N–H and O–H groups in total. The molecular weight excluding hydrogens is 772 g/mol. The van der Waals surface area contributed by atoms with Crippen molar-refractivity contribution in [3.63, 3.8) is 0 Å². The van der Waals surface area contributed by atoms with E-state index in [-0.39, 0.29) is 22.7 Å². The highest BCUT2D eigenvalue weighted by Gasteiger charge is 2.56. The van der Waals surface area contributed by atoms with Gasteiger partial charge in [0.15, 0.2) is 17.9 Å². The number of halogens is 1. The van der Waals surface area contributed by atoms with Crippen LogP contribution in [0, 0.1) is 30.0 Å². The molecule has 2 fully saturated rings. The molecule has 318 valence electrons. The molecule has 0 radical (unpaired) electrons. The zero-order valence-electron chi connectivity index (χ0n) is 38.6. The van der Waals surface area contributed by atoms with Crippen LogP contribution in [0.4, 0.5) is 4.39 Å². The van der Waals surface area contributed by atoms with E-state index in [0.29, 0.717) is 11.8 Å². The third-order valence-corrected chi connectivity index (χ3v) is 18.1. The largest absolute Gasteiger partial charge is 0.229 e. The maximum absolute atomic E-state index is 14.1. The van der Waals surface area contributed by atoms with Crippen LogP contribution in [0.15, 0.2) is 115 Å². The van der Waals surface area contributed by atoms with Crippen LogP contribution >= 0.6 is 0 Å². The van der Waals surface area contributed by atoms with Crippen LogP contribution in [0.1, 0.15) is 138 Å². The van der Waals surface area contributed by atoms with Gasteiger partial charge in [0.05, 0.1) is 19.9 Å². The predicted octanol–water partition coefficient (Wildman–Crippen LogP) is 13.4. The molecule has 2 nitrogen and oxygen atoms in total. The number of pyridine rings is 2. The summed E-state index contributed by atoms with van der Waals surface area (Å²) in [5.74, 6) is 1.67. The van der Waals surface area contributed by atoms with Crippen LogP contribution in [0.5, 0.6) is 0 Å². The molecular formula is C58H67FN2Si+2. The van der Waals surface area contributed by atoms with Crippen molar-refractivity contribution in [2.24, 2.45) is 17.3 Å². The van der Waals surface area contributed by atoms with Gasteiger partial charge in [-0.3, -0.25) is 0 Å². The molecule has 0 bridgehead atoms. The second-order valence-corrected chi connectivity index (χ2v) is 24.1. The lowest BCUT2D eigenvalue weighted by atomic mass is 9.64. The Labute approximate surface area is 373 Å². The topological polar surface area (TPSA) is 7.76 Å². The summed E-state index contributed by atoms with van der Waals surface area (Å²) in [6, 6.07) is 31.4. The molecule has 0 amide bonds. The van der Waals surface area contributed by atoms with Crippen LogP contribution in [0.3, 0.4) is 0 Å². The van der Waals surface area contributed by atoms with E-state index in [1.807, 2.05) is 12.1 Å². The fraction of sp³-hybridized carbons (Fsp3) is 0.414. The number of hydrogen-bond donors (Lipinski definition) is 0. The summed E-state index contributed by atoms with van der Waals surface area (Å²) in [7, 11) is -1.09. The first-order valence-corrected chi connectivity index (χ1v) is 27.0. The molecule has 2 saturated carbocycles. The van der Waals surface area contributed by atoms with Crippen LogP contribution < -0.4 is 14.3 Å². The molecule has 3 aliphatic carbocycles. The van der Waals surface area contributed by atoms with Crippen LogP contribution in [-0.4, -0.2) is 8.80 Å². The van der Waals surface area contributed by atoms with E-state index < -0.39 is 8.80 Å². The highest BCUT2D eigenvalue weighted by Crippen LogP contribution is 2.58. The zero-order chi connectivity index (χ0) is 43.1. The van der Waals surface area contributed by atoms with E-state index in [2.05, 4.69) is 149 Å². The van der Waals surface area contributed by atoms with E-state index in [9.17, 15) is 4.39 Å². The summed E-state index contributed by atoms with van der Waals surface area (Å²) in [5, 5.41) is 1.52. The number of nitrogens with zero attached hydrogens (tertiary/aromatic N) is 2. The Kier molecular flexibility index (Phi) is 10.6. The first-order valence-electron chi connectivity index (χ1n) is 24.1. The minimum Gasteiger partial charge on any atom is -0.207 e. The maximum Gasteiger partial charge on any atom is 0.229 e. The first-order chi connectivity index (χ1) is 29.8. The van der Waals surface area contributed by atoms with Gasteiger partial charge in [-0.1, -0.05) is 140 Å². The number of aromatic nitrogens is 2. The van der Waals surface area contributed by atoms with E-state index in [4.69, 9.17) is 0 Å². The average Bonchev–Trinajstić information content (AvgIpc) is 3.90. The smallest absolute Gasteiger partial charge is 0.207 e. The van der Waals surface area contributed by atoms with Gasteiger partial charge in [0.1, 0.15) is 11.4 Å². The molecule has 2 unspecified atom stereocenters. The lowest BCUT2D eigenvalue weighted by molar-refractivity contribution is -0.743. The molecule has 4 heterocycles. The number of aryl methyl sites for hydroxylation is 1. The number of hydrogen-bond acceptors (Lipinski definition) is 0. The minimum absolute atomic E-state index is 0.152. The second kappa shape index (κ2) is 15.8. The molecule has 2 aliphatic heterocycles. The molecule has 2 aromatic heterocycles. The molecule has 5 aromatic rings. The molecule has 62 heavy (non-hydrogen) atoms. The van der Waals surface area contributed by atoms with E-state index in [1.165, 1.54) is 130 Å². The van der Waals surface area contributed by atoms with Crippen molar-refractivity contribution in [3.8, 4) is 22.4 Å². The molecule has 0 saturated heterocycles. The summed E-state index contributed by atoms with van der Waals surface area (Å²) in [6.07, 6.45) is 23.2. The quantitative estimate of drug-likeness (QED) is 0.114. The molecule has 3 aromatic carbocycles. The first kappa shape index (κ1) is 41.3. The second-order valence-electron chi connectivity index (χ2n) is 21.1. The van der Waals surface area contributed by atoms with Crippen molar-refractivity contribution in [1.82, 2.24) is 0 Å². The van der Waals surface area contributed by atoms with Gasteiger partial charge in [-0.15, -0.1) is 0 Å². The van der Waals surface area contributed by atoms with Gasteiger partial charge in [0.2, 0.25) is 17.1 Å². The average molecular weight is 839 g/mol. The Morgan fingerprint density at radius 1 is 0.742 bits per heavy atom. The summed E-state index contributed by atoms with van der Waals surface area (Å²) in [6.45, 7) is 19.7. The van der Waals surface area contributed by atoms with Gasteiger partial charge in [0.25, 0.3) is 0 Å². The number of benzene rings is 3. The lowest BCUT2D eigenvalue weighted by Crippen LogP contribution is -2.63. The van der Waals surface area contributed by atoms with Crippen LogP contribution in [0.2, 0.25) is 13.1 Å². The third-order valence-electron chi connectivity index (χ3n) is 16.4. The Balaban J connectivity index is 1.24. The summed E-state index contributed by atoms with van der Waals surface area (Å²) >= 11 is 0. The van der Waals surface area contributed by atoms with Crippen molar-refractivity contribution < 1.29 is 13.5 Å². The lowest BCUT2D eigenvalue weighted by Gasteiger charge is -2.38. The van der Waals surface area contributed by atoms with Crippen molar-refractivity contribution >= 4 is 30.8 Å². The zero-order valence-corrected chi connectivity index (χ0v) is 39.8. The summed E-state index contributed by atoms with van der Waals surface area (Å²) in [5.41, 5.74) is 18.4. The van der Waals surface area contributed by atoms with E-state index in [1.54, 1.807) is 12.1 Å². The van der Waals surface area contributed by atoms with Gasteiger partial charge < -0.3 is 0 Å². The molecule has 10 rings (SSSR count). The van der Waals surface area contributed by atoms with Crippen molar-refractivity contribution in [3.05, 3.63) is 154 Å². The Bertz CT molecular complexity index is 2660. The number of allylic oxidation sites excluding steroid dienone is 6. The Hall–Kier alpha value is -4.67. The predicted molar refractivity (Wildman–Crippen MR) is 259 cm³/mol. The van der Waals surface area contributed by atoms with Crippen LogP contribution in [-0.2, 0) is 12.0 Å². The van der Waals surface area contributed by atoms with Gasteiger partial charge in [-0.25, -0.2) is 4.39 Å². The van der Waals surface area contributed by atoms with E-state index in [0.717, 1.165) is 23.5 Å². The van der Waals surface area contributed by atoms with Gasteiger partial charge in [-0.05, 0) is 101 Å². The SMILES string of the molecule is Cc1ccc(-c2ccc(F)cc2)cc1C1C=CC2=C(c3cc(CC4CCCC4)cc[n+]3/C2=C2/c3cc(C4CCCCC4)ccc3-c3ccc([SiH](C)C)c[n+]3C2(C)C(C)C)C1(C)C. The summed E-state index contributed by atoms with van der Waals surface area (Å²) < 4.78 is 19.4. The Morgan fingerprint density at radius 3 is 2.19 bits per heavy atom. The van der Waals surface area contributed by atoms with Crippen molar-refractivity contribution in [1.29, 1.82) is 0 Å². The Morgan fingerprint density at radius 2 is 1.47 bits per heavy atom. The van der Waals surface area contributed by atoms with Crippen molar-refractivity contribution in [2.75, 3.05) is 0 Å². The van der Waals surface area contributed by atoms with E-state index >= 15 is 0 Å². The fourth-order valence-corrected chi connectivity index (χ4v) is 13.4. The van der Waals surface area contributed by atoms with Crippen LogP contribution in [0.25, 0.3) is 39.2 Å². The van der Waals surface area contributed by atoms with Gasteiger partial charge in [0, 0.05) is 53.5 Å². The maximum atomic E-state index is 14.1. The number of fused-ring (bicyclic) bond motifs is 5. The monoisotopic (exact) mass is 839 g/mol. The molecule has 5 aliphatic rings. The van der Waals surface area contributed by atoms with Gasteiger partial charge >= 0.3 is 0 Å². The highest BCUT2D eigenvalue weighted by molar-refractivity contribution is 6.70. The minimum atomic E-state index is -1.09. The van der Waals surface area contributed by atoms with Gasteiger partial charge in [-0.2, -0.15) is 9.13 Å². The molecule has 2 atom stereocenters. The molecule has 0 spiro atoms. The number of rotatable bonds is 7. The third kappa shape index (κ3) is 6.77. The fourth-order valence-electron chi connectivity index (χ4n) is 12.4. The normalized spacial score (nSPS) is 23.2. The van der Waals surface area contributed by atoms with Crippen molar-refractivity contribution in [2.45, 2.75) is 136 Å².